The fourth-order valence-electron chi connectivity index (χ4n) is 2.09. The molecule has 1 atom stereocenters. The summed E-state index contributed by atoms with van der Waals surface area (Å²) in [5.41, 5.74) is -0.403. The molecular weight excluding hydrogens is 254 g/mol. The fraction of sp³-hybridized carbons (Fsp3) is 0.727. The third-order valence-electron chi connectivity index (χ3n) is 3.23. The third-order valence-corrected chi connectivity index (χ3v) is 3.23. The average Bonchev–Trinajstić information content (AvgIpc) is 2.83. The molecular formula is C11H20ClN5O. The molecule has 1 unspecified atom stereocenters. The SMILES string of the molecule is CC1(C(=O)NCCc2ncn[nH]2)CCCCN1.Cl. The summed E-state index contributed by atoms with van der Waals surface area (Å²) in [6.07, 6.45) is 5.32. The van der Waals surface area contributed by atoms with Gasteiger partial charge in [0.15, 0.2) is 0 Å². The number of carbonyl (C=O) groups excluding carboxylic acids is 1. The van der Waals surface area contributed by atoms with Gasteiger partial charge < -0.3 is 10.6 Å². The highest BCUT2D eigenvalue weighted by Gasteiger charge is 2.33. The molecule has 1 aromatic rings. The molecule has 2 heterocycles. The number of aromatic nitrogens is 3. The molecule has 0 spiro atoms. The number of aromatic amines is 1. The molecule has 1 aromatic heterocycles. The zero-order valence-corrected chi connectivity index (χ0v) is 11.3. The first kappa shape index (κ1) is 14.9. The normalized spacial score (nSPS) is 23.2. The van der Waals surface area contributed by atoms with Crippen molar-refractivity contribution in [1.82, 2.24) is 25.8 Å². The Morgan fingerprint density at radius 2 is 2.39 bits per heavy atom. The number of hydrogen-bond acceptors (Lipinski definition) is 4. The highest BCUT2D eigenvalue weighted by Crippen LogP contribution is 2.18. The van der Waals surface area contributed by atoms with E-state index in [1.54, 1.807) is 0 Å². The van der Waals surface area contributed by atoms with Gasteiger partial charge in [-0.1, -0.05) is 0 Å². The van der Waals surface area contributed by atoms with Crippen LogP contribution in [0, 0.1) is 0 Å². The molecule has 0 aliphatic carbocycles. The smallest absolute Gasteiger partial charge is 0.240 e. The van der Waals surface area contributed by atoms with Gasteiger partial charge in [-0.25, -0.2) is 4.98 Å². The van der Waals surface area contributed by atoms with Gasteiger partial charge >= 0.3 is 0 Å². The molecule has 1 saturated heterocycles. The molecule has 3 N–H and O–H groups in total. The Bertz CT molecular complexity index is 362. The molecule has 1 fully saturated rings. The Balaban J connectivity index is 0.00000162. The van der Waals surface area contributed by atoms with Gasteiger partial charge in [0.2, 0.25) is 5.91 Å². The maximum Gasteiger partial charge on any atom is 0.240 e. The van der Waals surface area contributed by atoms with Crippen molar-refractivity contribution in [2.75, 3.05) is 13.1 Å². The van der Waals surface area contributed by atoms with E-state index in [-0.39, 0.29) is 18.3 Å². The molecule has 1 aliphatic heterocycles. The number of amides is 1. The Morgan fingerprint density at radius 3 is 3.00 bits per heavy atom. The van der Waals surface area contributed by atoms with E-state index in [1.807, 2.05) is 6.92 Å². The molecule has 2 rings (SSSR count). The summed E-state index contributed by atoms with van der Waals surface area (Å²) in [5, 5.41) is 12.8. The second-order valence-corrected chi connectivity index (χ2v) is 4.65. The van der Waals surface area contributed by atoms with Crippen molar-refractivity contribution in [2.24, 2.45) is 0 Å². The quantitative estimate of drug-likeness (QED) is 0.742. The lowest BCUT2D eigenvalue weighted by Gasteiger charge is -2.33. The van der Waals surface area contributed by atoms with Crippen LogP contribution in [0.5, 0.6) is 0 Å². The van der Waals surface area contributed by atoms with Crippen molar-refractivity contribution < 1.29 is 4.79 Å². The van der Waals surface area contributed by atoms with E-state index >= 15 is 0 Å². The number of carbonyl (C=O) groups is 1. The number of H-pyrrole nitrogens is 1. The van der Waals surface area contributed by atoms with E-state index in [0.29, 0.717) is 13.0 Å². The van der Waals surface area contributed by atoms with Crippen LogP contribution < -0.4 is 10.6 Å². The lowest BCUT2D eigenvalue weighted by atomic mass is 9.90. The average molecular weight is 274 g/mol. The first-order chi connectivity index (χ1) is 8.21. The van der Waals surface area contributed by atoms with E-state index in [9.17, 15) is 4.79 Å². The predicted octanol–water partition coefficient (Wildman–Crippen LogP) is 0.417. The number of halogens is 1. The van der Waals surface area contributed by atoms with Crippen LogP contribution in [0.15, 0.2) is 6.33 Å². The van der Waals surface area contributed by atoms with E-state index in [1.165, 1.54) is 6.33 Å². The molecule has 1 amide bonds. The van der Waals surface area contributed by atoms with Crippen LogP contribution in [0.25, 0.3) is 0 Å². The second kappa shape index (κ2) is 6.70. The molecule has 6 nitrogen and oxygen atoms in total. The minimum atomic E-state index is -0.403. The van der Waals surface area contributed by atoms with Gasteiger partial charge in [-0.05, 0) is 32.7 Å². The highest BCUT2D eigenvalue weighted by atomic mass is 35.5. The van der Waals surface area contributed by atoms with Gasteiger partial charge in [-0.15, -0.1) is 12.4 Å². The number of piperidine rings is 1. The van der Waals surface area contributed by atoms with Gasteiger partial charge in [0.25, 0.3) is 0 Å². The van der Waals surface area contributed by atoms with Gasteiger partial charge in [-0.2, -0.15) is 5.10 Å². The van der Waals surface area contributed by atoms with Crippen molar-refractivity contribution in [3.8, 4) is 0 Å². The standard InChI is InChI=1S/C11H19N5O.ClH/c1-11(5-2-3-6-14-11)10(17)12-7-4-9-13-8-15-16-9;/h8,14H,2-7H2,1H3,(H,12,17)(H,13,15,16);1H. The van der Waals surface area contributed by atoms with Gasteiger partial charge in [0.1, 0.15) is 12.2 Å². The number of hydrogen-bond donors (Lipinski definition) is 3. The van der Waals surface area contributed by atoms with Gasteiger partial charge in [0, 0.05) is 13.0 Å². The lowest BCUT2D eigenvalue weighted by molar-refractivity contribution is -0.127. The van der Waals surface area contributed by atoms with Crippen LogP contribution in [0.4, 0.5) is 0 Å². The number of rotatable bonds is 4. The van der Waals surface area contributed by atoms with Crippen molar-refractivity contribution in [3.05, 3.63) is 12.2 Å². The van der Waals surface area contributed by atoms with Crippen LogP contribution in [0.3, 0.4) is 0 Å². The first-order valence-electron chi connectivity index (χ1n) is 6.08. The van der Waals surface area contributed by atoms with Crippen LogP contribution in [-0.2, 0) is 11.2 Å². The van der Waals surface area contributed by atoms with Crippen molar-refractivity contribution in [3.63, 3.8) is 0 Å². The first-order valence-corrected chi connectivity index (χ1v) is 6.08. The Morgan fingerprint density at radius 1 is 1.56 bits per heavy atom. The van der Waals surface area contributed by atoms with Gasteiger partial charge in [0.05, 0.1) is 5.54 Å². The summed E-state index contributed by atoms with van der Waals surface area (Å²) < 4.78 is 0. The van der Waals surface area contributed by atoms with Crippen LogP contribution >= 0.6 is 12.4 Å². The zero-order valence-electron chi connectivity index (χ0n) is 10.5. The molecule has 0 aromatic carbocycles. The summed E-state index contributed by atoms with van der Waals surface area (Å²) in [6, 6.07) is 0. The summed E-state index contributed by atoms with van der Waals surface area (Å²) >= 11 is 0. The Labute approximate surface area is 113 Å². The van der Waals surface area contributed by atoms with Crippen LogP contribution in [0.1, 0.15) is 32.0 Å². The zero-order chi connectivity index (χ0) is 12.1. The summed E-state index contributed by atoms with van der Waals surface area (Å²) in [7, 11) is 0. The van der Waals surface area contributed by atoms with Crippen molar-refractivity contribution in [2.45, 2.75) is 38.1 Å². The van der Waals surface area contributed by atoms with E-state index in [2.05, 4.69) is 25.8 Å². The summed E-state index contributed by atoms with van der Waals surface area (Å²) in [5.74, 6) is 0.878. The topological polar surface area (TPSA) is 82.7 Å². The molecule has 0 bridgehead atoms. The van der Waals surface area contributed by atoms with E-state index in [0.717, 1.165) is 31.6 Å². The summed E-state index contributed by atoms with van der Waals surface area (Å²) in [6.45, 7) is 3.48. The predicted molar refractivity (Wildman–Crippen MR) is 70.6 cm³/mol. The lowest BCUT2D eigenvalue weighted by Crippen LogP contribution is -2.57. The third kappa shape index (κ3) is 3.68. The fourth-order valence-corrected chi connectivity index (χ4v) is 2.09. The monoisotopic (exact) mass is 273 g/mol. The molecule has 7 heteroatoms. The molecule has 18 heavy (non-hydrogen) atoms. The maximum absolute atomic E-state index is 12.0. The number of nitrogens with one attached hydrogen (secondary N) is 3. The van der Waals surface area contributed by atoms with E-state index < -0.39 is 5.54 Å². The van der Waals surface area contributed by atoms with E-state index in [4.69, 9.17) is 0 Å². The Kier molecular flexibility index (Phi) is 5.55. The minimum absolute atomic E-state index is 0. The molecule has 1 aliphatic rings. The largest absolute Gasteiger partial charge is 0.354 e. The minimum Gasteiger partial charge on any atom is -0.354 e. The van der Waals surface area contributed by atoms with Crippen molar-refractivity contribution in [1.29, 1.82) is 0 Å². The highest BCUT2D eigenvalue weighted by molar-refractivity contribution is 5.86. The maximum atomic E-state index is 12.0. The number of nitrogens with zero attached hydrogens (tertiary/aromatic N) is 2. The van der Waals surface area contributed by atoms with Crippen LogP contribution in [0.2, 0.25) is 0 Å². The second-order valence-electron chi connectivity index (χ2n) is 4.65. The molecule has 0 radical (unpaired) electrons. The van der Waals surface area contributed by atoms with Crippen LogP contribution in [-0.4, -0.2) is 39.7 Å². The molecule has 0 saturated carbocycles. The molecule has 102 valence electrons. The van der Waals surface area contributed by atoms with Crippen molar-refractivity contribution >= 4 is 18.3 Å². The van der Waals surface area contributed by atoms with Gasteiger partial charge in [-0.3, -0.25) is 9.89 Å². The summed E-state index contributed by atoms with van der Waals surface area (Å²) in [4.78, 5) is 16.0. The Hall–Kier alpha value is -1.14.